The summed E-state index contributed by atoms with van der Waals surface area (Å²) < 4.78 is 4.88. The number of nitrogens with zero attached hydrogens (tertiary/aromatic N) is 2. The van der Waals surface area contributed by atoms with Crippen molar-refractivity contribution in [1.29, 1.82) is 10.5 Å². The number of rotatable bonds is 4. The van der Waals surface area contributed by atoms with Crippen molar-refractivity contribution in [3.63, 3.8) is 0 Å². The molecular weight excluding hydrogens is 228 g/mol. The normalized spacial score (nSPS) is 10.3. The fraction of sp³-hybridized carbons (Fsp3) is 0.214. The van der Waals surface area contributed by atoms with Gasteiger partial charge in [-0.2, -0.15) is 10.5 Å². The van der Waals surface area contributed by atoms with Gasteiger partial charge >= 0.3 is 5.97 Å². The second kappa shape index (κ2) is 6.88. The van der Waals surface area contributed by atoms with E-state index in [1.54, 1.807) is 30.3 Å². The molecule has 4 nitrogen and oxygen atoms in total. The molecule has 0 aliphatic carbocycles. The van der Waals surface area contributed by atoms with Crippen LogP contribution in [-0.4, -0.2) is 12.6 Å². The summed E-state index contributed by atoms with van der Waals surface area (Å²) >= 11 is 0. The van der Waals surface area contributed by atoms with Crippen LogP contribution in [0.15, 0.2) is 29.8 Å². The molecule has 0 amide bonds. The van der Waals surface area contributed by atoms with Gasteiger partial charge in [0.1, 0.15) is 11.6 Å². The third kappa shape index (κ3) is 3.77. The highest BCUT2D eigenvalue weighted by Gasteiger charge is 2.10. The van der Waals surface area contributed by atoms with Gasteiger partial charge in [0.25, 0.3) is 0 Å². The first-order valence-electron chi connectivity index (χ1n) is 5.50. The van der Waals surface area contributed by atoms with E-state index in [0.717, 1.165) is 0 Å². The average molecular weight is 240 g/mol. The number of esters is 1. The van der Waals surface area contributed by atoms with E-state index in [1.807, 2.05) is 13.0 Å². The van der Waals surface area contributed by atoms with E-state index in [2.05, 4.69) is 0 Å². The summed E-state index contributed by atoms with van der Waals surface area (Å²) in [6, 6.07) is 10.5. The Morgan fingerprint density at radius 3 is 2.83 bits per heavy atom. The van der Waals surface area contributed by atoms with Crippen LogP contribution in [0, 0.1) is 22.7 Å². The van der Waals surface area contributed by atoms with Gasteiger partial charge in [0, 0.05) is 0 Å². The highest BCUT2D eigenvalue weighted by atomic mass is 16.5. The quantitative estimate of drug-likeness (QED) is 0.460. The summed E-state index contributed by atoms with van der Waals surface area (Å²) in [5.74, 6) is -0.637. The highest BCUT2D eigenvalue weighted by molar-refractivity contribution is 5.97. The topological polar surface area (TPSA) is 73.9 Å². The molecule has 1 aromatic rings. The zero-order valence-corrected chi connectivity index (χ0v) is 10.0. The summed E-state index contributed by atoms with van der Waals surface area (Å²) in [7, 11) is 0. The molecule has 0 aromatic heterocycles. The van der Waals surface area contributed by atoms with Gasteiger partial charge in [0.15, 0.2) is 0 Å². The molecule has 18 heavy (non-hydrogen) atoms. The third-order valence-corrected chi connectivity index (χ3v) is 2.10. The molecule has 0 bridgehead atoms. The van der Waals surface area contributed by atoms with Gasteiger partial charge in [-0.1, -0.05) is 19.1 Å². The van der Waals surface area contributed by atoms with Gasteiger partial charge < -0.3 is 4.74 Å². The molecule has 0 fully saturated rings. The lowest BCUT2D eigenvalue weighted by Crippen LogP contribution is -2.07. The first-order chi connectivity index (χ1) is 8.71. The van der Waals surface area contributed by atoms with Gasteiger partial charge in [-0.3, -0.25) is 0 Å². The molecule has 4 heteroatoms. The number of benzene rings is 1. The summed E-state index contributed by atoms with van der Waals surface area (Å²) in [5, 5.41) is 17.7. The van der Waals surface area contributed by atoms with Gasteiger partial charge in [-0.15, -0.1) is 0 Å². The lowest BCUT2D eigenvalue weighted by Gasteiger charge is -2.01. The molecule has 90 valence electrons. The summed E-state index contributed by atoms with van der Waals surface area (Å²) in [6.45, 7) is 2.16. The Morgan fingerprint density at radius 1 is 1.44 bits per heavy atom. The first kappa shape index (κ1) is 13.5. The maximum atomic E-state index is 11.5. The summed E-state index contributed by atoms with van der Waals surface area (Å²) in [4.78, 5) is 11.5. The molecule has 0 unspecified atom stereocenters. The van der Waals surface area contributed by atoms with Gasteiger partial charge in [0.2, 0.25) is 0 Å². The number of hydrogen-bond donors (Lipinski definition) is 0. The second-order valence-corrected chi connectivity index (χ2v) is 3.54. The Hall–Kier alpha value is -2.59. The molecule has 0 saturated carbocycles. The Balaban J connectivity index is 2.94. The zero-order chi connectivity index (χ0) is 13.4. The molecule has 0 N–H and O–H groups in total. The van der Waals surface area contributed by atoms with Gasteiger partial charge in [-0.05, 0) is 30.2 Å². The molecule has 0 atom stereocenters. The van der Waals surface area contributed by atoms with E-state index >= 15 is 0 Å². The van der Waals surface area contributed by atoms with E-state index in [9.17, 15) is 4.79 Å². The van der Waals surface area contributed by atoms with Crippen LogP contribution in [0.2, 0.25) is 0 Å². The van der Waals surface area contributed by atoms with Crippen LogP contribution in [0.1, 0.15) is 24.5 Å². The van der Waals surface area contributed by atoms with Crippen molar-refractivity contribution in [2.24, 2.45) is 0 Å². The Bertz CT molecular complexity index is 548. The van der Waals surface area contributed by atoms with E-state index < -0.39 is 5.97 Å². The average Bonchev–Trinajstić information content (AvgIpc) is 2.42. The zero-order valence-electron chi connectivity index (χ0n) is 10.0. The molecule has 0 spiro atoms. The minimum atomic E-state index is -0.637. The van der Waals surface area contributed by atoms with E-state index in [-0.39, 0.29) is 12.2 Å². The lowest BCUT2D eigenvalue weighted by atomic mass is 10.1. The van der Waals surface area contributed by atoms with Crippen molar-refractivity contribution in [1.82, 2.24) is 0 Å². The van der Waals surface area contributed by atoms with E-state index in [1.165, 1.54) is 6.08 Å². The third-order valence-electron chi connectivity index (χ3n) is 2.10. The molecule has 1 rings (SSSR count). The molecule has 0 aliphatic rings. The molecule has 0 saturated heterocycles. The monoisotopic (exact) mass is 240 g/mol. The molecular formula is C14H12N2O2. The molecule has 0 radical (unpaired) electrons. The van der Waals surface area contributed by atoms with Crippen LogP contribution in [0.25, 0.3) is 6.08 Å². The van der Waals surface area contributed by atoms with Crippen molar-refractivity contribution in [2.45, 2.75) is 13.3 Å². The SMILES string of the molecule is CCCOC(=O)/C(C#N)=C/c1cccc(C#N)c1. The van der Waals surface area contributed by atoms with Crippen molar-refractivity contribution in [3.05, 3.63) is 41.0 Å². The molecule has 1 aromatic carbocycles. The number of carbonyl (C=O) groups is 1. The molecule has 0 heterocycles. The Labute approximate surface area is 106 Å². The highest BCUT2D eigenvalue weighted by Crippen LogP contribution is 2.10. The first-order valence-corrected chi connectivity index (χ1v) is 5.50. The van der Waals surface area contributed by atoms with Crippen LogP contribution < -0.4 is 0 Å². The lowest BCUT2D eigenvalue weighted by molar-refractivity contribution is -0.138. The van der Waals surface area contributed by atoms with Crippen LogP contribution in [0.5, 0.6) is 0 Å². The largest absolute Gasteiger partial charge is 0.462 e. The van der Waals surface area contributed by atoms with Crippen molar-refractivity contribution in [3.8, 4) is 12.1 Å². The molecule has 0 aliphatic heterocycles. The predicted octanol–water partition coefficient (Wildman–Crippen LogP) is 2.42. The van der Waals surface area contributed by atoms with E-state index in [0.29, 0.717) is 17.5 Å². The summed E-state index contributed by atoms with van der Waals surface area (Å²) in [6.07, 6.45) is 2.12. The standard InChI is InChI=1S/C14H12N2O2/c1-2-6-18-14(17)13(10-16)8-11-4-3-5-12(7-11)9-15/h3-5,7-8H,2,6H2,1H3/b13-8+. The summed E-state index contributed by atoms with van der Waals surface area (Å²) in [5.41, 5.74) is 1.03. The van der Waals surface area contributed by atoms with Crippen molar-refractivity contribution in [2.75, 3.05) is 6.61 Å². The van der Waals surface area contributed by atoms with Gasteiger partial charge in [0.05, 0.1) is 18.2 Å². The minimum absolute atomic E-state index is 0.0708. The number of carbonyl (C=O) groups excluding carboxylic acids is 1. The Kier molecular flexibility index (Phi) is 5.15. The maximum absolute atomic E-state index is 11.5. The van der Waals surface area contributed by atoms with Crippen LogP contribution in [0.3, 0.4) is 0 Å². The van der Waals surface area contributed by atoms with Crippen molar-refractivity contribution < 1.29 is 9.53 Å². The smallest absolute Gasteiger partial charge is 0.348 e. The number of ether oxygens (including phenoxy) is 1. The van der Waals surface area contributed by atoms with Crippen LogP contribution >= 0.6 is 0 Å². The fourth-order valence-electron chi connectivity index (χ4n) is 1.27. The minimum Gasteiger partial charge on any atom is -0.462 e. The van der Waals surface area contributed by atoms with Crippen LogP contribution in [0.4, 0.5) is 0 Å². The van der Waals surface area contributed by atoms with E-state index in [4.69, 9.17) is 15.3 Å². The number of nitriles is 2. The van der Waals surface area contributed by atoms with Gasteiger partial charge in [-0.25, -0.2) is 4.79 Å². The second-order valence-electron chi connectivity index (χ2n) is 3.54. The van der Waals surface area contributed by atoms with Crippen LogP contribution in [-0.2, 0) is 9.53 Å². The maximum Gasteiger partial charge on any atom is 0.348 e. The fourth-order valence-corrected chi connectivity index (χ4v) is 1.27. The number of hydrogen-bond acceptors (Lipinski definition) is 4. The Morgan fingerprint density at radius 2 is 2.22 bits per heavy atom. The van der Waals surface area contributed by atoms with Crippen molar-refractivity contribution >= 4 is 12.0 Å². The predicted molar refractivity (Wildman–Crippen MR) is 66.0 cm³/mol.